The standard InChI is InChI=1S/C35H44ClN5O4S/c1-3-4-5-6-7-8-9-10-14-19-27(23-22-25(2)36)45-35(44)37-33(43)30-24-31(28-20-15-16-21-29(28)32(30)42)46-34-38-39-40-41(34)26-17-12-11-13-18-26/h11-13,15-18,20-21,24-25,27,42H,3-10,14,19,22-23H2,1-2H3,(H,37,43,44). The number of carbonyl (C=O) groups excluding carboxylic acids is 2. The van der Waals surface area contributed by atoms with E-state index in [2.05, 4.69) is 27.8 Å². The number of alkyl carbamates (subject to hydrolysis) is 1. The molecule has 46 heavy (non-hydrogen) atoms. The van der Waals surface area contributed by atoms with Gasteiger partial charge in [-0.15, -0.1) is 16.7 Å². The maximum atomic E-state index is 13.4. The summed E-state index contributed by atoms with van der Waals surface area (Å²) < 4.78 is 7.32. The number of imide groups is 1. The van der Waals surface area contributed by atoms with Gasteiger partial charge >= 0.3 is 6.09 Å². The highest BCUT2D eigenvalue weighted by Gasteiger charge is 2.23. The Morgan fingerprint density at radius 2 is 1.57 bits per heavy atom. The number of benzene rings is 3. The molecule has 9 nitrogen and oxygen atoms in total. The van der Waals surface area contributed by atoms with Gasteiger partial charge in [-0.3, -0.25) is 10.1 Å². The Hall–Kier alpha value is -3.63. The molecule has 0 saturated carbocycles. The van der Waals surface area contributed by atoms with Crippen molar-refractivity contribution in [1.29, 1.82) is 0 Å². The van der Waals surface area contributed by atoms with Crippen LogP contribution in [0.1, 0.15) is 101 Å². The van der Waals surface area contributed by atoms with E-state index in [1.54, 1.807) is 22.9 Å². The normalized spacial score (nSPS) is 12.6. The maximum Gasteiger partial charge on any atom is 0.414 e. The molecule has 0 aliphatic rings. The van der Waals surface area contributed by atoms with Gasteiger partial charge in [-0.2, -0.15) is 4.68 Å². The number of hydrogen-bond acceptors (Lipinski definition) is 8. The third-order valence-electron chi connectivity index (χ3n) is 7.87. The van der Waals surface area contributed by atoms with Crippen LogP contribution in [0.3, 0.4) is 0 Å². The van der Waals surface area contributed by atoms with Crippen molar-refractivity contribution in [2.75, 3.05) is 0 Å². The zero-order chi connectivity index (χ0) is 32.7. The molecule has 3 aromatic carbocycles. The summed E-state index contributed by atoms with van der Waals surface area (Å²) in [5.74, 6) is -0.986. The molecule has 246 valence electrons. The average molecular weight is 666 g/mol. The minimum atomic E-state index is -0.845. The van der Waals surface area contributed by atoms with Crippen LogP contribution in [0.4, 0.5) is 4.79 Å². The lowest BCUT2D eigenvalue weighted by atomic mass is 10.0. The smallest absolute Gasteiger partial charge is 0.414 e. The number of phenols is 1. The Morgan fingerprint density at radius 1 is 0.913 bits per heavy atom. The lowest BCUT2D eigenvalue weighted by molar-refractivity contribution is 0.0754. The van der Waals surface area contributed by atoms with Gasteiger partial charge in [-0.25, -0.2) is 4.79 Å². The first-order chi connectivity index (χ1) is 22.4. The number of fused-ring (bicyclic) bond motifs is 1. The molecule has 0 spiro atoms. The van der Waals surface area contributed by atoms with E-state index in [1.165, 1.54) is 50.3 Å². The van der Waals surface area contributed by atoms with Gasteiger partial charge in [0.25, 0.3) is 5.91 Å². The number of nitrogens with one attached hydrogen (secondary N) is 1. The van der Waals surface area contributed by atoms with Crippen molar-refractivity contribution in [3.05, 3.63) is 66.2 Å². The van der Waals surface area contributed by atoms with Crippen molar-refractivity contribution in [2.24, 2.45) is 0 Å². The number of carbonyl (C=O) groups is 2. The number of ether oxygens (including phenoxy) is 1. The summed E-state index contributed by atoms with van der Waals surface area (Å²) in [5, 5.41) is 27.2. The number of halogens is 1. The van der Waals surface area contributed by atoms with Gasteiger partial charge in [0, 0.05) is 15.7 Å². The fourth-order valence-electron chi connectivity index (χ4n) is 5.36. The van der Waals surface area contributed by atoms with Crippen molar-refractivity contribution in [1.82, 2.24) is 25.5 Å². The van der Waals surface area contributed by atoms with Gasteiger partial charge in [0.05, 0.1) is 11.3 Å². The topological polar surface area (TPSA) is 119 Å². The van der Waals surface area contributed by atoms with Crippen LogP contribution in [0.15, 0.2) is 70.7 Å². The second-order valence-corrected chi connectivity index (χ2v) is 13.3. The number of aromatic hydroxyl groups is 1. The molecular formula is C35H44ClN5O4S. The van der Waals surface area contributed by atoms with E-state index in [-0.39, 0.29) is 22.8 Å². The van der Waals surface area contributed by atoms with Crippen LogP contribution in [0.25, 0.3) is 16.5 Å². The molecule has 4 aromatic rings. The van der Waals surface area contributed by atoms with Crippen molar-refractivity contribution in [3.8, 4) is 11.4 Å². The van der Waals surface area contributed by atoms with E-state index in [1.807, 2.05) is 49.4 Å². The number of aromatic nitrogens is 4. The summed E-state index contributed by atoms with van der Waals surface area (Å²) in [4.78, 5) is 27.0. The largest absolute Gasteiger partial charge is 0.506 e. The van der Waals surface area contributed by atoms with Gasteiger partial charge < -0.3 is 9.84 Å². The van der Waals surface area contributed by atoms with Crippen molar-refractivity contribution >= 4 is 46.1 Å². The molecule has 0 bridgehead atoms. The third kappa shape index (κ3) is 10.5. The number of hydrogen-bond donors (Lipinski definition) is 2. The molecule has 2 atom stereocenters. The minimum absolute atomic E-state index is 0.0488. The first-order valence-electron chi connectivity index (χ1n) is 16.3. The molecule has 2 unspecified atom stereocenters. The second kappa shape index (κ2) is 18.5. The van der Waals surface area contributed by atoms with E-state index < -0.39 is 12.0 Å². The summed E-state index contributed by atoms with van der Waals surface area (Å²) in [6, 6.07) is 18.2. The molecule has 0 aliphatic carbocycles. The van der Waals surface area contributed by atoms with Crippen LogP contribution < -0.4 is 5.32 Å². The highest BCUT2D eigenvalue weighted by atomic mass is 35.5. The van der Waals surface area contributed by atoms with Gasteiger partial charge in [-0.05, 0) is 78.4 Å². The van der Waals surface area contributed by atoms with E-state index in [9.17, 15) is 14.7 Å². The third-order valence-corrected chi connectivity index (χ3v) is 9.08. The quantitative estimate of drug-likeness (QED) is 0.0797. The predicted molar refractivity (Wildman–Crippen MR) is 183 cm³/mol. The molecule has 2 amide bonds. The molecular weight excluding hydrogens is 622 g/mol. The molecule has 0 radical (unpaired) electrons. The number of alkyl halides is 1. The first kappa shape index (κ1) is 35.2. The van der Waals surface area contributed by atoms with E-state index in [0.29, 0.717) is 40.1 Å². The summed E-state index contributed by atoms with van der Waals surface area (Å²) in [6.45, 7) is 4.14. The van der Waals surface area contributed by atoms with E-state index in [0.717, 1.165) is 24.9 Å². The minimum Gasteiger partial charge on any atom is -0.506 e. The first-order valence-corrected chi connectivity index (χ1v) is 17.5. The number of amides is 2. The van der Waals surface area contributed by atoms with Gasteiger partial charge in [0.1, 0.15) is 11.9 Å². The molecule has 11 heteroatoms. The Labute approximate surface area is 280 Å². The number of rotatable bonds is 18. The monoisotopic (exact) mass is 665 g/mol. The molecule has 4 rings (SSSR count). The fourth-order valence-corrected chi connectivity index (χ4v) is 6.45. The fraction of sp³-hybridized carbons (Fsp3) is 0.457. The summed E-state index contributed by atoms with van der Waals surface area (Å²) >= 11 is 7.45. The Morgan fingerprint density at radius 3 is 2.26 bits per heavy atom. The predicted octanol–water partition coefficient (Wildman–Crippen LogP) is 9.24. The summed E-state index contributed by atoms with van der Waals surface area (Å²) in [6.07, 6.45) is 11.6. The van der Waals surface area contributed by atoms with Crippen LogP contribution in [-0.4, -0.2) is 48.8 Å². The number of unbranched alkanes of at least 4 members (excludes halogenated alkanes) is 8. The van der Waals surface area contributed by atoms with E-state index >= 15 is 0 Å². The van der Waals surface area contributed by atoms with E-state index in [4.69, 9.17) is 16.3 Å². The van der Waals surface area contributed by atoms with Crippen LogP contribution in [0.2, 0.25) is 0 Å². The lowest BCUT2D eigenvalue weighted by Gasteiger charge is -2.19. The van der Waals surface area contributed by atoms with Crippen LogP contribution in [0, 0.1) is 0 Å². The maximum absolute atomic E-state index is 13.4. The number of nitrogens with zero attached hydrogens (tertiary/aromatic N) is 4. The summed E-state index contributed by atoms with van der Waals surface area (Å²) in [5.41, 5.74) is 0.723. The average Bonchev–Trinajstić information content (AvgIpc) is 3.52. The summed E-state index contributed by atoms with van der Waals surface area (Å²) in [7, 11) is 0. The zero-order valence-corrected chi connectivity index (χ0v) is 28.2. The number of tetrazole rings is 1. The molecule has 0 fully saturated rings. The molecule has 1 aromatic heterocycles. The van der Waals surface area contributed by atoms with Gasteiger partial charge in [0.2, 0.25) is 5.16 Å². The van der Waals surface area contributed by atoms with Crippen LogP contribution in [0.5, 0.6) is 5.75 Å². The Kier molecular flexibility index (Phi) is 14.2. The van der Waals surface area contributed by atoms with Gasteiger partial charge in [-0.1, -0.05) is 101 Å². The zero-order valence-electron chi connectivity index (χ0n) is 26.7. The molecule has 1 heterocycles. The van der Waals surface area contributed by atoms with Crippen LogP contribution >= 0.6 is 23.4 Å². The molecule has 2 N–H and O–H groups in total. The second-order valence-electron chi connectivity index (χ2n) is 11.6. The highest BCUT2D eigenvalue weighted by molar-refractivity contribution is 7.99. The van der Waals surface area contributed by atoms with Gasteiger partial charge in [0.15, 0.2) is 0 Å². The Balaban J connectivity index is 1.42. The number of para-hydroxylation sites is 1. The van der Waals surface area contributed by atoms with Crippen molar-refractivity contribution in [2.45, 2.75) is 112 Å². The molecule has 0 aliphatic heterocycles. The van der Waals surface area contributed by atoms with Crippen molar-refractivity contribution in [3.63, 3.8) is 0 Å². The van der Waals surface area contributed by atoms with Crippen molar-refractivity contribution < 1.29 is 19.4 Å². The molecule has 0 saturated heterocycles. The highest BCUT2D eigenvalue weighted by Crippen LogP contribution is 2.39. The number of phenolic OH excluding ortho intramolecular Hbond substituents is 1. The van der Waals surface area contributed by atoms with Crippen LogP contribution in [-0.2, 0) is 4.74 Å². The SMILES string of the molecule is CCCCCCCCCCCC(CCC(C)Cl)OC(=O)NC(=O)c1cc(Sc2nnnn2-c2ccccc2)c2ccccc2c1O. The Bertz CT molecular complexity index is 1550. The lowest BCUT2D eigenvalue weighted by Crippen LogP contribution is -2.34.